The highest BCUT2D eigenvalue weighted by Crippen LogP contribution is 2.27. The van der Waals surface area contributed by atoms with Gasteiger partial charge in [-0.2, -0.15) is 0 Å². The zero-order chi connectivity index (χ0) is 21.6. The zero-order valence-corrected chi connectivity index (χ0v) is 16.4. The molecule has 0 aliphatic rings. The Morgan fingerprint density at radius 1 is 1.17 bits per heavy atom. The number of halogens is 4. The average Bonchev–Trinajstić information content (AvgIpc) is 3.21. The molecule has 0 saturated carbocycles. The van der Waals surface area contributed by atoms with E-state index in [4.69, 9.17) is 0 Å². The van der Waals surface area contributed by atoms with Gasteiger partial charge in [0.25, 0.3) is 12.3 Å². The van der Waals surface area contributed by atoms with Crippen molar-refractivity contribution < 1.29 is 17.6 Å². The van der Waals surface area contributed by atoms with Crippen LogP contribution in [-0.2, 0) is 6.54 Å². The Hall–Kier alpha value is -3.24. The molecule has 1 atom stereocenters. The molecule has 4 aromatic rings. The first kappa shape index (κ1) is 20.0. The highest BCUT2D eigenvalue weighted by atomic mass is 19.3. The molecule has 4 aromatic heterocycles. The van der Waals surface area contributed by atoms with Crippen LogP contribution in [-0.4, -0.2) is 47.5 Å². The second kappa shape index (κ2) is 7.22. The molecule has 1 N–H and O–H groups in total. The zero-order valence-electron chi connectivity index (χ0n) is 16.4. The first-order chi connectivity index (χ1) is 14.1. The van der Waals surface area contributed by atoms with E-state index >= 15 is 0 Å². The van der Waals surface area contributed by atoms with Crippen LogP contribution in [0.1, 0.15) is 19.7 Å². The van der Waals surface area contributed by atoms with Gasteiger partial charge in [-0.3, -0.25) is 0 Å². The minimum atomic E-state index is -2.93. The molecular weight excluding hydrogens is 402 g/mol. The summed E-state index contributed by atoms with van der Waals surface area (Å²) in [6.45, 7) is 3.33. The van der Waals surface area contributed by atoms with E-state index in [1.807, 2.05) is 0 Å². The molecule has 0 aliphatic carbocycles. The Balaban J connectivity index is 1.72. The number of anilines is 1. The molecule has 0 radical (unpaired) electrons. The number of hydrogen-bond donors (Lipinski definition) is 1. The predicted octanol–water partition coefficient (Wildman–Crippen LogP) is 4.17. The Bertz CT molecular complexity index is 1210. The number of nitrogens with one attached hydrogen (secondary N) is 1. The van der Waals surface area contributed by atoms with Crippen molar-refractivity contribution in [3.8, 4) is 11.3 Å². The summed E-state index contributed by atoms with van der Waals surface area (Å²) in [6, 6.07) is 4.06. The normalized spacial score (nSPS) is 13.5. The van der Waals surface area contributed by atoms with Crippen molar-refractivity contribution in [1.29, 1.82) is 0 Å². The van der Waals surface area contributed by atoms with Gasteiger partial charge in [0.2, 0.25) is 5.95 Å². The number of aromatic nitrogens is 6. The summed E-state index contributed by atoms with van der Waals surface area (Å²) in [7, 11) is 0. The van der Waals surface area contributed by atoms with Gasteiger partial charge in [-0.1, -0.05) is 0 Å². The van der Waals surface area contributed by atoms with E-state index in [-0.39, 0.29) is 5.95 Å². The maximum atomic E-state index is 13.4. The Morgan fingerprint density at radius 3 is 2.63 bits per heavy atom. The molecule has 0 saturated heterocycles. The van der Waals surface area contributed by atoms with Gasteiger partial charge in [0.05, 0.1) is 30.0 Å². The topological polar surface area (TPSA) is 72.9 Å². The predicted molar refractivity (Wildman–Crippen MR) is 104 cm³/mol. The van der Waals surface area contributed by atoms with Gasteiger partial charge in [0.1, 0.15) is 11.3 Å². The highest BCUT2D eigenvalue weighted by Gasteiger charge is 2.30. The SMILES string of the molecule is Cc1nc2ccc(-c3ccn4nc(N[C@H](C)C(C)(F)F)ncc34)nc2n1CC(F)F. The average molecular weight is 421 g/mol. The van der Waals surface area contributed by atoms with Gasteiger partial charge >= 0.3 is 0 Å². The molecule has 0 amide bonds. The number of rotatable bonds is 6. The van der Waals surface area contributed by atoms with Gasteiger partial charge in [-0.15, -0.1) is 5.10 Å². The summed E-state index contributed by atoms with van der Waals surface area (Å²) in [5.41, 5.74) is 2.71. The lowest BCUT2D eigenvalue weighted by atomic mass is 10.2. The second-order valence-corrected chi connectivity index (χ2v) is 7.16. The first-order valence-electron chi connectivity index (χ1n) is 9.24. The highest BCUT2D eigenvalue weighted by molar-refractivity contribution is 5.82. The summed E-state index contributed by atoms with van der Waals surface area (Å²) >= 11 is 0. The number of pyridine rings is 1. The standard InChI is InChI=1S/C19H19F4N7/c1-10(19(3,22)23)25-18-24-8-15-12(6-7-30(15)28-18)13-4-5-14-17(27-13)29(9-16(20)21)11(2)26-14/h4-8,10,16H,9H2,1-3H3,(H,25,28)/t10-/m1/s1. The second-order valence-electron chi connectivity index (χ2n) is 7.16. The van der Waals surface area contributed by atoms with Crippen LogP contribution in [0.25, 0.3) is 27.9 Å². The third kappa shape index (κ3) is 3.66. The molecule has 0 aliphatic heterocycles. The molecule has 0 spiro atoms. The quantitative estimate of drug-likeness (QED) is 0.473. The van der Waals surface area contributed by atoms with Crippen molar-refractivity contribution in [1.82, 2.24) is 29.1 Å². The molecule has 11 heteroatoms. The summed E-state index contributed by atoms with van der Waals surface area (Å²) in [5, 5.41) is 6.80. The fourth-order valence-corrected chi connectivity index (χ4v) is 3.12. The minimum absolute atomic E-state index is 0.0627. The number of nitrogens with zero attached hydrogens (tertiary/aromatic N) is 6. The lowest BCUT2D eigenvalue weighted by Gasteiger charge is -2.20. The van der Waals surface area contributed by atoms with Crippen LogP contribution in [0.3, 0.4) is 0 Å². The largest absolute Gasteiger partial charge is 0.344 e. The number of fused-ring (bicyclic) bond motifs is 2. The number of hydrogen-bond acceptors (Lipinski definition) is 5. The summed E-state index contributed by atoms with van der Waals surface area (Å²) < 4.78 is 55.6. The van der Waals surface area contributed by atoms with E-state index in [9.17, 15) is 17.6 Å². The molecule has 0 bridgehead atoms. The molecular formula is C19H19F4N7. The van der Waals surface area contributed by atoms with Crippen molar-refractivity contribution in [3.05, 3.63) is 36.4 Å². The fraction of sp³-hybridized carbons (Fsp3) is 0.368. The number of alkyl halides is 4. The monoisotopic (exact) mass is 421 g/mol. The van der Waals surface area contributed by atoms with E-state index in [1.54, 1.807) is 31.3 Å². The van der Waals surface area contributed by atoms with Crippen molar-refractivity contribution in [2.45, 2.75) is 45.7 Å². The van der Waals surface area contributed by atoms with Crippen LogP contribution in [0.2, 0.25) is 0 Å². The molecule has 158 valence electrons. The van der Waals surface area contributed by atoms with Gasteiger partial charge in [0.15, 0.2) is 5.65 Å². The minimum Gasteiger partial charge on any atom is -0.344 e. The molecule has 0 aromatic carbocycles. The van der Waals surface area contributed by atoms with E-state index in [0.29, 0.717) is 33.8 Å². The van der Waals surface area contributed by atoms with Crippen LogP contribution >= 0.6 is 0 Å². The fourth-order valence-electron chi connectivity index (χ4n) is 3.12. The van der Waals surface area contributed by atoms with Crippen molar-refractivity contribution in [3.63, 3.8) is 0 Å². The number of imidazole rings is 1. The van der Waals surface area contributed by atoms with Gasteiger partial charge in [-0.05, 0) is 32.0 Å². The third-order valence-corrected chi connectivity index (χ3v) is 4.90. The number of aryl methyl sites for hydroxylation is 1. The Kier molecular flexibility index (Phi) is 4.83. The van der Waals surface area contributed by atoms with E-state index in [0.717, 1.165) is 6.92 Å². The van der Waals surface area contributed by atoms with Crippen LogP contribution in [0, 0.1) is 6.92 Å². The van der Waals surface area contributed by atoms with Gasteiger partial charge in [0, 0.05) is 18.7 Å². The van der Waals surface area contributed by atoms with Crippen LogP contribution in [0.4, 0.5) is 23.5 Å². The maximum absolute atomic E-state index is 13.4. The molecule has 0 unspecified atom stereocenters. The summed E-state index contributed by atoms with van der Waals surface area (Å²) in [4.78, 5) is 12.9. The van der Waals surface area contributed by atoms with E-state index in [1.165, 1.54) is 22.2 Å². The Morgan fingerprint density at radius 2 is 1.93 bits per heavy atom. The first-order valence-corrected chi connectivity index (χ1v) is 9.24. The van der Waals surface area contributed by atoms with Gasteiger partial charge in [-0.25, -0.2) is 37.0 Å². The maximum Gasteiger partial charge on any atom is 0.264 e. The third-order valence-electron chi connectivity index (χ3n) is 4.90. The van der Waals surface area contributed by atoms with Gasteiger partial charge < -0.3 is 9.88 Å². The summed E-state index contributed by atoms with van der Waals surface area (Å²) in [6.07, 6.45) is 0.623. The summed E-state index contributed by atoms with van der Waals surface area (Å²) in [5.74, 6) is -2.41. The van der Waals surface area contributed by atoms with Crippen LogP contribution in [0.15, 0.2) is 30.6 Å². The lowest BCUT2D eigenvalue weighted by Crippen LogP contribution is -2.35. The molecule has 4 rings (SSSR count). The van der Waals surface area contributed by atoms with Crippen LogP contribution in [0.5, 0.6) is 0 Å². The molecule has 7 nitrogen and oxygen atoms in total. The van der Waals surface area contributed by atoms with Crippen molar-refractivity contribution in [2.24, 2.45) is 0 Å². The Labute approximate surface area is 168 Å². The smallest absolute Gasteiger partial charge is 0.264 e. The molecule has 0 fully saturated rings. The van der Waals surface area contributed by atoms with E-state index in [2.05, 4.69) is 25.4 Å². The van der Waals surface area contributed by atoms with E-state index < -0.39 is 24.9 Å². The lowest BCUT2D eigenvalue weighted by molar-refractivity contribution is 0.00673. The van der Waals surface area contributed by atoms with Crippen molar-refractivity contribution >= 4 is 22.6 Å². The van der Waals surface area contributed by atoms with Crippen molar-refractivity contribution in [2.75, 3.05) is 5.32 Å². The van der Waals surface area contributed by atoms with Crippen LogP contribution < -0.4 is 5.32 Å². The molecule has 4 heterocycles. The molecule has 30 heavy (non-hydrogen) atoms.